The minimum absolute atomic E-state index is 0.0137. The van der Waals surface area contributed by atoms with Crippen molar-refractivity contribution in [3.05, 3.63) is 75.8 Å². The highest BCUT2D eigenvalue weighted by atomic mass is 32.2. The molecule has 14 nitrogen and oxygen atoms in total. The van der Waals surface area contributed by atoms with Crippen LogP contribution < -0.4 is 15.2 Å². The number of likely N-dealkylation sites (N-methyl/N-ethyl adjacent to an activating group) is 1. The number of phenolic OH excluding ortho intramolecular Hbond substituents is 1. The molecule has 2 aromatic carbocycles. The van der Waals surface area contributed by atoms with E-state index in [1.807, 2.05) is 6.07 Å². The summed E-state index contributed by atoms with van der Waals surface area (Å²) in [4.78, 5) is 36.2. The Bertz CT molecular complexity index is 1940. The number of hydrogen-bond acceptors (Lipinski definition) is 12. The van der Waals surface area contributed by atoms with Gasteiger partial charge in [0, 0.05) is 24.6 Å². The van der Waals surface area contributed by atoms with E-state index in [1.165, 1.54) is 30.3 Å². The zero-order valence-electron chi connectivity index (χ0n) is 22.9. The number of aromatic hydroxyl groups is 1. The molecule has 17 heteroatoms. The molecule has 4 aromatic rings. The second-order valence-corrected chi connectivity index (χ2v) is 10.3. The zero-order chi connectivity index (χ0) is 31.5. The molecule has 2 N–H and O–H groups in total. The number of amidine groups is 1. The molecule has 3 heterocycles. The normalized spacial score (nSPS) is 13.2. The maximum absolute atomic E-state index is 15.5. The molecule has 0 fully saturated rings. The number of rotatable bonds is 8. The number of nitrogens with one attached hydrogen (secondary N) is 1. The van der Waals surface area contributed by atoms with Gasteiger partial charge in [0.05, 0.1) is 36.5 Å². The van der Waals surface area contributed by atoms with Gasteiger partial charge in [-0.15, -0.1) is 9.78 Å². The standard InChI is InChI=1S/C27H21F2N7O7S/c1-3-41-27(39)36-26(38)33-25(34-36)44(40)15-5-7-19(16(11-15)23-31-8-9-35(23)2)42-22-17(28)13-32-24(21(22)29)43-20-10-14(12-30)4-6-18(20)37/h4-7,10-11,13,37H,3,8-9H2,1-2H3,(H,33,34,38). The monoisotopic (exact) mass is 625 g/mol. The largest absolute Gasteiger partial charge is 0.504 e. The Morgan fingerprint density at radius 2 is 2.00 bits per heavy atom. The number of aromatic amines is 1. The quantitative estimate of drug-likeness (QED) is 0.293. The first-order chi connectivity index (χ1) is 21.1. The molecular weight excluding hydrogens is 604 g/mol. The number of aromatic nitrogens is 4. The lowest BCUT2D eigenvalue weighted by Gasteiger charge is -2.19. The molecule has 0 saturated heterocycles. The summed E-state index contributed by atoms with van der Waals surface area (Å²) >= 11 is 0. The van der Waals surface area contributed by atoms with Crippen molar-refractivity contribution in [2.45, 2.75) is 17.0 Å². The second-order valence-electron chi connectivity index (χ2n) is 8.95. The van der Waals surface area contributed by atoms with Gasteiger partial charge in [0.1, 0.15) is 22.4 Å². The average molecular weight is 626 g/mol. The van der Waals surface area contributed by atoms with Crippen molar-refractivity contribution in [3.8, 4) is 34.9 Å². The second kappa shape index (κ2) is 12.3. The molecule has 0 aliphatic carbocycles. The van der Waals surface area contributed by atoms with Crippen LogP contribution in [0, 0.1) is 23.0 Å². The van der Waals surface area contributed by atoms with Gasteiger partial charge < -0.3 is 24.2 Å². The van der Waals surface area contributed by atoms with E-state index in [-0.39, 0.29) is 39.3 Å². The Morgan fingerprint density at radius 1 is 1.20 bits per heavy atom. The van der Waals surface area contributed by atoms with Crippen molar-refractivity contribution in [1.82, 2.24) is 24.6 Å². The number of halogens is 2. The fraction of sp³-hybridized carbons (Fsp3) is 0.185. The summed E-state index contributed by atoms with van der Waals surface area (Å²) < 4.78 is 59.9. The number of phenols is 1. The fourth-order valence-electron chi connectivity index (χ4n) is 4.00. The van der Waals surface area contributed by atoms with Crippen LogP contribution in [0.4, 0.5) is 13.6 Å². The van der Waals surface area contributed by atoms with Crippen LogP contribution in [0.2, 0.25) is 0 Å². The molecule has 0 amide bonds. The van der Waals surface area contributed by atoms with E-state index < -0.39 is 51.6 Å². The van der Waals surface area contributed by atoms with Crippen LogP contribution >= 0.6 is 0 Å². The number of ether oxygens (including phenoxy) is 3. The number of benzene rings is 2. The van der Waals surface area contributed by atoms with E-state index in [1.54, 1.807) is 18.9 Å². The van der Waals surface area contributed by atoms with Crippen molar-refractivity contribution in [2.75, 3.05) is 26.7 Å². The summed E-state index contributed by atoms with van der Waals surface area (Å²) in [5, 5.41) is 22.6. The Morgan fingerprint density at radius 3 is 2.70 bits per heavy atom. The number of aliphatic imine (C=N–C) groups is 1. The molecule has 2 aromatic heterocycles. The topological polar surface area (TPSA) is 185 Å². The van der Waals surface area contributed by atoms with Crippen LogP contribution in [0.25, 0.3) is 0 Å². The summed E-state index contributed by atoms with van der Waals surface area (Å²) in [5.41, 5.74) is -0.654. The smallest absolute Gasteiger partial charge is 0.439 e. The summed E-state index contributed by atoms with van der Waals surface area (Å²) in [5.74, 6) is -4.64. The van der Waals surface area contributed by atoms with Crippen molar-refractivity contribution in [2.24, 2.45) is 4.99 Å². The van der Waals surface area contributed by atoms with Gasteiger partial charge in [0.2, 0.25) is 16.7 Å². The number of carbonyl (C=O) groups is 1. The summed E-state index contributed by atoms with van der Waals surface area (Å²) in [6, 6.07) is 9.47. The molecule has 0 bridgehead atoms. The van der Waals surface area contributed by atoms with Gasteiger partial charge in [0.15, 0.2) is 17.3 Å². The lowest BCUT2D eigenvalue weighted by atomic mass is 10.1. The number of H-pyrrole nitrogens is 1. The predicted octanol–water partition coefficient (Wildman–Crippen LogP) is 3.27. The average Bonchev–Trinajstić information content (AvgIpc) is 3.62. The minimum Gasteiger partial charge on any atom is -0.504 e. The van der Waals surface area contributed by atoms with Crippen LogP contribution in [0.3, 0.4) is 0 Å². The van der Waals surface area contributed by atoms with Crippen LogP contribution in [-0.2, 0) is 15.5 Å². The number of pyridine rings is 1. The van der Waals surface area contributed by atoms with Gasteiger partial charge in [-0.2, -0.15) is 9.65 Å². The van der Waals surface area contributed by atoms with Crippen molar-refractivity contribution < 1.29 is 37.1 Å². The third kappa shape index (κ3) is 5.83. The molecule has 1 atom stereocenters. The molecule has 1 aliphatic heterocycles. The van der Waals surface area contributed by atoms with Crippen LogP contribution in [0.15, 0.2) is 62.4 Å². The van der Waals surface area contributed by atoms with Crippen molar-refractivity contribution in [1.29, 1.82) is 5.26 Å². The SMILES string of the molecule is CCOC(=O)n1nc(S(=O)c2ccc(Oc3c(F)cnc(Oc4cc(C#N)ccc4O)c3F)c(C3=NCCN3C)c2)[nH]c1=O. The summed E-state index contributed by atoms with van der Waals surface area (Å²) in [7, 11) is -0.401. The van der Waals surface area contributed by atoms with Gasteiger partial charge >= 0.3 is 11.8 Å². The number of nitriles is 1. The Hall–Kier alpha value is -5.63. The molecule has 44 heavy (non-hydrogen) atoms. The van der Waals surface area contributed by atoms with Crippen LogP contribution in [0.5, 0.6) is 28.9 Å². The summed E-state index contributed by atoms with van der Waals surface area (Å²) in [6.45, 7) is 2.44. The molecule has 226 valence electrons. The van der Waals surface area contributed by atoms with Gasteiger partial charge in [-0.3, -0.25) is 9.98 Å². The summed E-state index contributed by atoms with van der Waals surface area (Å²) in [6.07, 6.45) is -0.404. The first-order valence-electron chi connectivity index (χ1n) is 12.7. The lowest BCUT2D eigenvalue weighted by Crippen LogP contribution is -2.26. The predicted molar refractivity (Wildman–Crippen MR) is 148 cm³/mol. The molecule has 0 spiro atoms. The first kappa shape index (κ1) is 29.8. The lowest BCUT2D eigenvalue weighted by molar-refractivity contribution is 0.149. The van der Waals surface area contributed by atoms with E-state index in [9.17, 15) is 23.3 Å². The zero-order valence-corrected chi connectivity index (χ0v) is 23.7. The Kier molecular flexibility index (Phi) is 8.35. The highest BCUT2D eigenvalue weighted by Gasteiger charge is 2.26. The highest BCUT2D eigenvalue weighted by Crippen LogP contribution is 2.38. The molecule has 0 saturated carbocycles. The van der Waals surface area contributed by atoms with Gasteiger partial charge in [-0.1, -0.05) is 0 Å². The number of nitrogens with zero attached hydrogens (tertiary/aromatic N) is 6. The number of carbonyl (C=O) groups excluding carboxylic acids is 1. The Balaban J connectivity index is 1.52. The van der Waals surface area contributed by atoms with Gasteiger partial charge in [-0.25, -0.2) is 23.2 Å². The van der Waals surface area contributed by atoms with E-state index in [2.05, 4.69) is 20.1 Å². The van der Waals surface area contributed by atoms with E-state index in [4.69, 9.17) is 19.5 Å². The van der Waals surface area contributed by atoms with Crippen molar-refractivity contribution >= 4 is 22.7 Å². The van der Waals surface area contributed by atoms with Gasteiger partial charge in [0.25, 0.3) is 5.88 Å². The van der Waals surface area contributed by atoms with E-state index >= 15 is 4.39 Å². The third-order valence-corrected chi connectivity index (χ3v) is 7.30. The number of hydrogen-bond donors (Lipinski definition) is 2. The first-order valence-corrected chi connectivity index (χ1v) is 13.9. The van der Waals surface area contributed by atoms with Crippen molar-refractivity contribution in [3.63, 3.8) is 0 Å². The van der Waals surface area contributed by atoms with E-state index in [0.717, 1.165) is 6.07 Å². The molecule has 0 radical (unpaired) electrons. The van der Waals surface area contributed by atoms with E-state index in [0.29, 0.717) is 29.8 Å². The maximum atomic E-state index is 15.5. The molecular formula is C27H21F2N7O7S. The van der Waals surface area contributed by atoms with Gasteiger partial charge in [-0.05, 0) is 37.3 Å². The minimum atomic E-state index is -2.12. The molecule has 1 aliphatic rings. The van der Waals surface area contributed by atoms with Crippen LogP contribution in [-0.4, -0.2) is 72.6 Å². The van der Waals surface area contributed by atoms with Crippen LogP contribution in [0.1, 0.15) is 18.1 Å². The molecule has 1 unspecified atom stereocenters. The Labute approximate surface area is 249 Å². The molecule has 5 rings (SSSR count). The maximum Gasteiger partial charge on any atom is 0.439 e. The third-order valence-electron chi connectivity index (χ3n) is 6.08. The fourth-order valence-corrected chi connectivity index (χ4v) is 4.97. The highest BCUT2D eigenvalue weighted by molar-refractivity contribution is 7.84.